The van der Waals surface area contributed by atoms with E-state index in [1.807, 2.05) is 12.1 Å². The summed E-state index contributed by atoms with van der Waals surface area (Å²) in [6.07, 6.45) is 4.51. The number of esters is 1. The normalized spacial score (nSPS) is 13.5. The number of ether oxygens (including phenoxy) is 1. The van der Waals surface area contributed by atoms with Crippen LogP contribution >= 0.6 is 11.6 Å². The van der Waals surface area contributed by atoms with E-state index in [2.05, 4.69) is 4.98 Å². The number of imide groups is 1. The number of hydrogen-bond acceptors (Lipinski definition) is 5. The summed E-state index contributed by atoms with van der Waals surface area (Å²) in [6.45, 7) is -0.113. The maximum absolute atomic E-state index is 12.3. The maximum Gasteiger partial charge on any atom is 0.330 e. The van der Waals surface area contributed by atoms with Crippen LogP contribution in [0.15, 0.2) is 54.7 Å². The molecule has 8 heteroatoms. The predicted molar refractivity (Wildman–Crippen MR) is 102 cm³/mol. The van der Waals surface area contributed by atoms with Crippen LogP contribution in [0.1, 0.15) is 26.4 Å². The fourth-order valence-corrected chi connectivity index (χ4v) is 3.25. The Labute approximate surface area is 164 Å². The van der Waals surface area contributed by atoms with Gasteiger partial charge < -0.3 is 4.74 Å². The van der Waals surface area contributed by atoms with Gasteiger partial charge >= 0.3 is 5.97 Å². The van der Waals surface area contributed by atoms with Gasteiger partial charge in [0.05, 0.1) is 23.4 Å². The molecule has 3 heterocycles. The molecular formula is C20H14ClN3O4. The summed E-state index contributed by atoms with van der Waals surface area (Å²) < 4.78 is 6.85. The highest BCUT2D eigenvalue weighted by Crippen LogP contribution is 2.22. The number of imidazole rings is 1. The van der Waals surface area contributed by atoms with Crippen molar-refractivity contribution in [2.45, 2.75) is 0 Å². The molecule has 28 heavy (non-hydrogen) atoms. The molecule has 0 atom stereocenters. The molecule has 0 saturated heterocycles. The van der Waals surface area contributed by atoms with E-state index in [4.69, 9.17) is 16.3 Å². The number of pyridine rings is 1. The molecule has 1 aromatic carbocycles. The van der Waals surface area contributed by atoms with E-state index < -0.39 is 5.97 Å². The van der Waals surface area contributed by atoms with Gasteiger partial charge in [0, 0.05) is 12.3 Å². The van der Waals surface area contributed by atoms with Crippen molar-refractivity contribution in [3.05, 3.63) is 76.7 Å². The molecule has 2 amide bonds. The minimum absolute atomic E-state index is 0.0116. The molecule has 140 valence electrons. The van der Waals surface area contributed by atoms with Crippen molar-refractivity contribution >= 4 is 41.1 Å². The zero-order valence-electron chi connectivity index (χ0n) is 14.5. The minimum Gasteiger partial charge on any atom is -0.461 e. The smallest absolute Gasteiger partial charge is 0.330 e. The topological polar surface area (TPSA) is 81.0 Å². The van der Waals surface area contributed by atoms with E-state index >= 15 is 0 Å². The second kappa shape index (κ2) is 7.28. The number of carbonyl (C=O) groups is 3. The van der Waals surface area contributed by atoms with Gasteiger partial charge in [-0.05, 0) is 30.3 Å². The number of hydrogen-bond donors (Lipinski definition) is 0. The van der Waals surface area contributed by atoms with Crippen LogP contribution in [0, 0.1) is 0 Å². The van der Waals surface area contributed by atoms with Gasteiger partial charge in [-0.2, -0.15) is 0 Å². The van der Waals surface area contributed by atoms with Crippen molar-refractivity contribution in [2.24, 2.45) is 0 Å². The van der Waals surface area contributed by atoms with Crippen molar-refractivity contribution in [1.82, 2.24) is 14.3 Å². The summed E-state index contributed by atoms with van der Waals surface area (Å²) >= 11 is 6.10. The molecule has 2 aromatic heterocycles. The molecular weight excluding hydrogens is 382 g/mol. The molecule has 1 aliphatic heterocycles. The van der Waals surface area contributed by atoms with Crippen LogP contribution in [-0.2, 0) is 9.53 Å². The van der Waals surface area contributed by atoms with E-state index in [0.29, 0.717) is 22.5 Å². The molecule has 3 aromatic rings. The van der Waals surface area contributed by atoms with Crippen molar-refractivity contribution < 1.29 is 19.1 Å². The number of benzene rings is 1. The number of nitrogens with zero attached hydrogens (tertiary/aromatic N) is 3. The van der Waals surface area contributed by atoms with Crippen LogP contribution in [-0.4, -0.2) is 45.2 Å². The second-order valence-corrected chi connectivity index (χ2v) is 6.38. The summed E-state index contributed by atoms with van der Waals surface area (Å²) in [5.41, 5.74) is 1.93. The number of fused-ring (bicyclic) bond motifs is 2. The Kier molecular flexibility index (Phi) is 4.67. The Morgan fingerprint density at radius 1 is 1.07 bits per heavy atom. The fourth-order valence-electron chi connectivity index (χ4n) is 3.01. The van der Waals surface area contributed by atoms with Gasteiger partial charge in [0.2, 0.25) is 0 Å². The maximum atomic E-state index is 12.3. The molecule has 7 nitrogen and oxygen atoms in total. The average Bonchev–Trinajstić information content (AvgIpc) is 3.15. The lowest BCUT2D eigenvalue weighted by atomic mass is 10.1. The third kappa shape index (κ3) is 3.16. The zero-order chi connectivity index (χ0) is 19.7. The molecule has 0 aliphatic carbocycles. The van der Waals surface area contributed by atoms with Crippen molar-refractivity contribution in [2.75, 3.05) is 13.2 Å². The molecule has 1 aliphatic rings. The standard InChI is InChI=1S/C20H14ClN3O4/c21-18-15(23-10-4-3-7-16(23)22-18)8-9-17(25)28-12-11-24-19(26)13-5-1-2-6-14(13)20(24)27/h1-10H,11-12H2/b9-8+. The average molecular weight is 396 g/mol. The summed E-state index contributed by atoms with van der Waals surface area (Å²) in [7, 11) is 0. The van der Waals surface area contributed by atoms with E-state index in [9.17, 15) is 14.4 Å². The zero-order valence-corrected chi connectivity index (χ0v) is 15.3. The molecule has 0 saturated carbocycles. The van der Waals surface area contributed by atoms with Crippen molar-refractivity contribution in [1.29, 1.82) is 0 Å². The molecule has 4 rings (SSSR count). The van der Waals surface area contributed by atoms with Crippen LogP contribution in [0.3, 0.4) is 0 Å². The molecule has 0 fully saturated rings. The van der Waals surface area contributed by atoms with Crippen molar-refractivity contribution in [3.63, 3.8) is 0 Å². The molecule has 0 unspecified atom stereocenters. The molecule has 0 radical (unpaired) electrons. The number of carbonyl (C=O) groups excluding carboxylic acids is 3. The Morgan fingerprint density at radius 3 is 2.46 bits per heavy atom. The van der Waals surface area contributed by atoms with Gasteiger partial charge in [0.1, 0.15) is 12.3 Å². The molecule has 0 N–H and O–H groups in total. The van der Waals surface area contributed by atoms with E-state index in [-0.39, 0.29) is 30.1 Å². The first-order chi connectivity index (χ1) is 13.6. The van der Waals surface area contributed by atoms with Gasteiger partial charge in [-0.1, -0.05) is 29.8 Å². The second-order valence-electron chi connectivity index (χ2n) is 6.03. The highest BCUT2D eigenvalue weighted by Gasteiger charge is 2.34. The van der Waals surface area contributed by atoms with Gasteiger partial charge in [-0.3, -0.25) is 18.9 Å². The van der Waals surface area contributed by atoms with E-state index in [1.54, 1.807) is 40.9 Å². The van der Waals surface area contributed by atoms with Crippen molar-refractivity contribution in [3.8, 4) is 0 Å². The Morgan fingerprint density at radius 2 is 1.75 bits per heavy atom. The molecule has 0 bridgehead atoms. The van der Waals surface area contributed by atoms with Crippen LogP contribution in [0.4, 0.5) is 0 Å². The number of rotatable bonds is 5. The first-order valence-electron chi connectivity index (χ1n) is 8.49. The van der Waals surface area contributed by atoms with Crippen LogP contribution in [0.25, 0.3) is 11.7 Å². The van der Waals surface area contributed by atoms with Gasteiger partial charge in [-0.15, -0.1) is 0 Å². The first-order valence-corrected chi connectivity index (χ1v) is 8.86. The third-order valence-corrected chi connectivity index (χ3v) is 4.61. The lowest BCUT2D eigenvalue weighted by Gasteiger charge is -2.13. The Balaban J connectivity index is 1.37. The number of aromatic nitrogens is 2. The van der Waals surface area contributed by atoms with Crippen LogP contribution < -0.4 is 0 Å². The lowest BCUT2D eigenvalue weighted by Crippen LogP contribution is -2.33. The molecule has 0 spiro atoms. The SMILES string of the molecule is O=C(/C=C/c1c(Cl)nc2ccccn12)OCCN1C(=O)c2ccccc2C1=O. The largest absolute Gasteiger partial charge is 0.461 e. The summed E-state index contributed by atoms with van der Waals surface area (Å²) in [6, 6.07) is 12.0. The summed E-state index contributed by atoms with van der Waals surface area (Å²) in [5.74, 6) is -1.38. The van der Waals surface area contributed by atoms with Crippen LogP contribution in [0.2, 0.25) is 5.15 Å². The fraction of sp³-hybridized carbons (Fsp3) is 0.100. The van der Waals surface area contributed by atoms with Gasteiger partial charge in [-0.25, -0.2) is 9.78 Å². The first kappa shape index (κ1) is 17.9. The Hall–Kier alpha value is -3.45. The van der Waals surface area contributed by atoms with Gasteiger partial charge in [0.15, 0.2) is 5.15 Å². The number of amides is 2. The third-order valence-electron chi connectivity index (χ3n) is 4.34. The lowest BCUT2D eigenvalue weighted by molar-refractivity contribution is -0.137. The Bertz CT molecular complexity index is 1100. The monoisotopic (exact) mass is 395 g/mol. The highest BCUT2D eigenvalue weighted by molar-refractivity contribution is 6.31. The quantitative estimate of drug-likeness (QED) is 0.377. The minimum atomic E-state index is -0.612. The van der Waals surface area contributed by atoms with E-state index in [1.165, 1.54) is 12.2 Å². The van der Waals surface area contributed by atoms with Gasteiger partial charge in [0.25, 0.3) is 11.8 Å². The predicted octanol–water partition coefficient (Wildman–Crippen LogP) is 2.84. The summed E-state index contributed by atoms with van der Waals surface area (Å²) in [5, 5.41) is 0.265. The highest BCUT2D eigenvalue weighted by atomic mass is 35.5. The van der Waals surface area contributed by atoms with Crippen LogP contribution in [0.5, 0.6) is 0 Å². The summed E-state index contributed by atoms with van der Waals surface area (Å²) in [4.78, 5) is 41.7. The number of halogens is 1. The van der Waals surface area contributed by atoms with E-state index in [0.717, 1.165) is 4.90 Å².